The molecular weight excluding hydrogens is 268 g/mol. The summed E-state index contributed by atoms with van der Waals surface area (Å²) in [5.41, 5.74) is 0.181. The summed E-state index contributed by atoms with van der Waals surface area (Å²) in [5.74, 6) is -0.864. The Balaban J connectivity index is 1.75. The van der Waals surface area contributed by atoms with Crippen molar-refractivity contribution in [3.8, 4) is 0 Å². The molecule has 2 aliphatic rings. The summed E-state index contributed by atoms with van der Waals surface area (Å²) in [7, 11) is 0. The van der Waals surface area contributed by atoms with Crippen LogP contribution in [0.25, 0.3) is 0 Å². The molecule has 1 atom stereocenters. The van der Waals surface area contributed by atoms with Crippen LogP contribution in [0.2, 0.25) is 0 Å². The molecule has 0 spiro atoms. The first-order valence-electron chi connectivity index (χ1n) is 7.61. The molecule has 0 N–H and O–H groups in total. The summed E-state index contributed by atoms with van der Waals surface area (Å²) in [6.45, 7) is 1.64. The van der Waals surface area contributed by atoms with Gasteiger partial charge in [0.05, 0.1) is 5.56 Å². The van der Waals surface area contributed by atoms with Crippen molar-refractivity contribution in [3.63, 3.8) is 0 Å². The highest BCUT2D eigenvalue weighted by molar-refractivity contribution is 5.96. The molecule has 1 unspecified atom stereocenters. The van der Waals surface area contributed by atoms with E-state index < -0.39 is 17.5 Å². The normalized spacial score (nSPS) is 25.9. The van der Waals surface area contributed by atoms with Crippen molar-refractivity contribution in [2.75, 3.05) is 0 Å². The van der Waals surface area contributed by atoms with Crippen LogP contribution in [-0.4, -0.2) is 23.6 Å². The topological polar surface area (TPSA) is 52.6 Å². The Kier molecular flexibility index (Phi) is 3.70. The van der Waals surface area contributed by atoms with E-state index in [1.54, 1.807) is 19.1 Å². The van der Waals surface area contributed by atoms with Crippen molar-refractivity contribution in [1.29, 1.82) is 0 Å². The molecule has 1 saturated carbocycles. The number of esters is 2. The largest absolute Gasteiger partial charge is 0.459 e. The highest BCUT2D eigenvalue weighted by Crippen LogP contribution is 2.30. The highest BCUT2D eigenvalue weighted by atomic mass is 16.6. The van der Waals surface area contributed by atoms with E-state index in [1.165, 1.54) is 6.42 Å². The standard InChI is InChI=1S/C17H20O4/c1-17(16(19)20-13-8-3-2-4-9-13)11-12-7-5-6-10-14(12)15(18)21-17/h5-7,10,13H,2-4,8-9,11H2,1H3. The molecule has 0 radical (unpaired) electrons. The maximum absolute atomic E-state index is 12.4. The molecule has 3 rings (SSSR count). The molecule has 1 aliphatic heterocycles. The number of hydrogen-bond acceptors (Lipinski definition) is 4. The summed E-state index contributed by atoms with van der Waals surface area (Å²) in [6, 6.07) is 7.25. The first-order chi connectivity index (χ1) is 10.1. The molecular formula is C17H20O4. The van der Waals surface area contributed by atoms with E-state index in [4.69, 9.17) is 9.47 Å². The van der Waals surface area contributed by atoms with Gasteiger partial charge in [-0.1, -0.05) is 24.6 Å². The van der Waals surface area contributed by atoms with Crippen LogP contribution in [0.1, 0.15) is 54.9 Å². The Hall–Kier alpha value is -1.84. The lowest BCUT2D eigenvalue weighted by Crippen LogP contribution is -2.48. The SMILES string of the molecule is CC1(C(=O)OC2CCCCC2)Cc2ccccc2C(=O)O1. The summed E-state index contributed by atoms with van der Waals surface area (Å²) in [6.07, 6.45) is 5.56. The van der Waals surface area contributed by atoms with Gasteiger partial charge in [0.15, 0.2) is 0 Å². The summed E-state index contributed by atoms with van der Waals surface area (Å²) >= 11 is 0. The van der Waals surface area contributed by atoms with E-state index in [0.717, 1.165) is 31.2 Å². The number of carbonyl (C=O) groups excluding carboxylic acids is 2. The number of cyclic esters (lactones) is 1. The Morgan fingerprint density at radius 2 is 1.95 bits per heavy atom. The van der Waals surface area contributed by atoms with E-state index >= 15 is 0 Å². The average molecular weight is 288 g/mol. The fourth-order valence-corrected chi connectivity index (χ4v) is 3.11. The van der Waals surface area contributed by atoms with Gasteiger partial charge in [-0.3, -0.25) is 0 Å². The third-order valence-electron chi connectivity index (χ3n) is 4.34. The molecule has 1 heterocycles. The minimum absolute atomic E-state index is 0.0288. The molecule has 21 heavy (non-hydrogen) atoms. The third kappa shape index (κ3) is 2.80. The lowest BCUT2D eigenvalue weighted by atomic mass is 9.90. The van der Waals surface area contributed by atoms with Crippen LogP contribution >= 0.6 is 0 Å². The van der Waals surface area contributed by atoms with Crippen LogP contribution in [0.4, 0.5) is 0 Å². The van der Waals surface area contributed by atoms with Crippen molar-refractivity contribution in [1.82, 2.24) is 0 Å². The predicted octanol–water partition coefficient (Wildman–Crippen LogP) is 3.03. The van der Waals surface area contributed by atoms with Gasteiger partial charge in [0.1, 0.15) is 6.10 Å². The van der Waals surface area contributed by atoms with Crippen LogP contribution in [0.15, 0.2) is 24.3 Å². The lowest BCUT2D eigenvalue weighted by molar-refractivity contribution is -0.172. The quantitative estimate of drug-likeness (QED) is 0.785. The smallest absolute Gasteiger partial charge is 0.350 e. The zero-order chi connectivity index (χ0) is 14.9. The molecule has 1 aliphatic carbocycles. The fraction of sp³-hybridized carbons (Fsp3) is 0.529. The Morgan fingerprint density at radius 3 is 2.71 bits per heavy atom. The van der Waals surface area contributed by atoms with Gasteiger partial charge >= 0.3 is 11.9 Å². The molecule has 0 amide bonds. The van der Waals surface area contributed by atoms with Crippen molar-refractivity contribution >= 4 is 11.9 Å². The number of fused-ring (bicyclic) bond motifs is 1. The maximum Gasteiger partial charge on any atom is 0.350 e. The predicted molar refractivity (Wildman–Crippen MR) is 76.9 cm³/mol. The molecule has 0 saturated heterocycles. The Labute approximate surface area is 124 Å². The van der Waals surface area contributed by atoms with Gasteiger partial charge in [0.25, 0.3) is 0 Å². The first-order valence-corrected chi connectivity index (χ1v) is 7.61. The molecule has 0 aromatic heterocycles. The summed E-state index contributed by atoms with van der Waals surface area (Å²) in [4.78, 5) is 24.5. The summed E-state index contributed by atoms with van der Waals surface area (Å²) in [5, 5.41) is 0. The zero-order valence-corrected chi connectivity index (χ0v) is 12.3. The van der Waals surface area contributed by atoms with E-state index in [-0.39, 0.29) is 6.10 Å². The Morgan fingerprint density at radius 1 is 1.24 bits per heavy atom. The third-order valence-corrected chi connectivity index (χ3v) is 4.34. The first kappa shape index (κ1) is 14.1. The van der Waals surface area contributed by atoms with Gasteiger partial charge in [-0.2, -0.15) is 0 Å². The van der Waals surface area contributed by atoms with Crippen molar-refractivity contribution in [2.45, 2.75) is 57.2 Å². The van der Waals surface area contributed by atoms with Crippen LogP contribution < -0.4 is 0 Å². The second-order valence-electron chi connectivity index (χ2n) is 6.12. The van der Waals surface area contributed by atoms with Gasteiger partial charge in [-0.25, -0.2) is 9.59 Å². The van der Waals surface area contributed by atoms with Gasteiger partial charge < -0.3 is 9.47 Å². The number of rotatable bonds is 2. The van der Waals surface area contributed by atoms with Crippen LogP contribution in [-0.2, 0) is 20.7 Å². The molecule has 1 aromatic rings. The molecule has 1 aromatic carbocycles. The minimum atomic E-state index is -1.21. The van der Waals surface area contributed by atoms with Crippen LogP contribution in [0.3, 0.4) is 0 Å². The van der Waals surface area contributed by atoms with Gasteiger partial charge in [-0.05, 0) is 44.2 Å². The van der Waals surface area contributed by atoms with E-state index in [1.807, 2.05) is 12.1 Å². The van der Waals surface area contributed by atoms with E-state index in [0.29, 0.717) is 12.0 Å². The average Bonchev–Trinajstić information content (AvgIpc) is 2.48. The fourth-order valence-electron chi connectivity index (χ4n) is 3.11. The van der Waals surface area contributed by atoms with Gasteiger partial charge in [-0.15, -0.1) is 0 Å². The highest BCUT2D eigenvalue weighted by Gasteiger charge is 2.44. The van der Waals surface area contributed by atoms with E-state index in [2.05, 4.69) is 0 Å². The zero-order valence-electron chi connectivity index (χ0n) is 12.3. The van der Waals surface area contributed by atoms with Gasteiger partial charge in [0.2, 0.25) is 5.60 Å². The molecule has 4 heteroatoms. The minimum Gasteiger partial charge on any atom is -0.459 e. The lowest BCUT2D eigenvalue weighted by Gasteiger charge is -2.34. The second-order valence-corrected chi connectivity index (χ2v) is 6.12. The van der Waals surface area contributed by atoms with Crippen molar-refractivity contribution in [3.05, 3.63) is 35.4 Å². The second kappa shape index (κ2) is 5.51. The van der Waals surface area contributed by atoms with Crippen LogP contribution in [0, 0.1) is 0 Å². The van der Waals surface area contributed by atoms with Crippen molar-refractivity contribution in [2.24, 2.45) is 0 Å². The summed E-state index contributed by atoms with van der Waals surface area (Å²) < 4.78 is 11.0. The molecule has 112 valence electrons. The van der Waals surface area contributed by atoms with E-state index in [9.17, 15) is 9.59 Å². The molecule has 0 bridgehead atoms. The Bertz CT molecular complexity index is 560. The maximum atomic E-state index is 12.4. The molecule has 1 fully saturated rings. The number of benzene rings is 1. The monoisotopic (exact) mass is 288 g/mol. The number of carbonyl (C=O) groups is 2. The number of hydrogen-bond donors (Lipinski definition) is 0. The van der Waals surface area contributed by atoms with Crippen molar-refractivity contribution < 1.29 is 19.1 Å². The molecule has 4 nitrogen and oxygen atoms in total. The van der Waals surface area contributed by atoms with Gasteiger partial charge in [0, 0.05) is 6.42 Å². The number of ether oxygens (including phenoxy) is 2. The van der Waals surface area contributed by atoms with Crippen LogP contribution in [0.5, 0.6) is 0 Å².